The van der Waals surface area contributed by atoms with Crippen molar-refractivity contribution in [2.45, 2.75) is 31.6 Å². The van der Waals surface area contributed by atoms with Gasteiger partial charge in [-0.25, -0.2) is 0 Å². The molecule has 1 spiro atoms. The summed E-state index contributed by atoms with van der Waals surface area (Å²) in [5.74, 6) is 0. The lowest BCUT2D eigenvalue weighted by molar-refractivity contribution is 0.639. The third kappa shape index (κ3) is 3.99. The van der Waals surface area contributed by atoms with E-state index in [0.717, 1.165) is 17.1 Å². The Morgan fingerprint density at radius 2 is 0.923 bits per heavy atom. The van der Waals surface area contributed by atoms with Crippen LogP contribution >= 0.6 is 0 Å². The molecule has 10 rings (SSSR count). The van der Waals surface area contributed by atoms with Gasteiger partial charge in [0.05, 0.1) is 11.1 Å². The van der Waals surface area contributed by atoms with Crippen LogP contribution in [0.3, 0.4) is 0 Å². The van der Waals surface area contributed by atoms with Crippen molar-refractivity contribution in [3.8, 4) is 33.4 Å². The quantitative estimate of drug-likeness (QED) is 0.177. The van der Waals surface area contributed by atoms with Crippen LogP contribution in [0.2, 0.25) is 0 Å². The zero-order valence-electron chi connectivity index (χ0n) is 29.8. The summed E-state index contributed by atoms with van der Waals surface area (Å²) < 4.78 is 0. The van der Waals surface area contributed by atoms with E-state index >= 15 is 0 Å². The molecule has 0 unspecified atom stereocenters. The zero-order valence-corrected chi connectivity index (χ0v) is 29.8. The molecule has 0 fully saturated rings. The zero-order chi connectivity index (χ0) is 35.2. The number of benzene rings is 7. The van der Waals surface area contributed by atoms with E-state index in [1.54, 1.807) is 0 Å². The Morgan fingerprint density at radius 1 is 0.462 bits per heavy atom. The average molecular weight is 666 g/mol. The lowest BCUT2D eigenvalue weighted by Crippen LogP contribution is -2.26. The molecule has 3 aliphatic rings. The van der Waals surface area contributed by atoms with Crippen LogP contribution in [0.15, 0.2) is 182 Å². The lowest BCUT2D eigenvalue weighted by Gasteiger charge is -2.33. The highest BCUT2D eigenvalue weighted by Gasteiger charge is 2.51. The molecule has 1 heteroatoms. The summed E-state index contributed by atoms with van der Waals surface area (Å²) in [5, 5.41) is 0. The summed E-state index contributed by atoms with van der Waals surface area (Å²) in [6, 6.07) is 61.0. The number of nitrogens with zero attached hydrogens (tertiary/aromatic N) is 1. The summed E-state index contributed by atoms with van der Waals surface area (Å²) in [4.78, 5) is 2.49. The highest BCUT2D eigenvalue weighted by Crippen LogP contribution is 2.63. The van der Waals surface area contributed by atoms with Crippen LogP contribution in [0.25, 0.3) is 39.0 Å². The van der Waals surface area contributed by atoms with Gasteiger partial charge >= 0.3 is 0 Å². The molecule has 7 aromatic carbocycles. The molecule has 3 aliphatic carbocycles. The lowest BCUT2D eigenvalue weighted by atomic mass is 9.70. The molecule has 0 aromatic heterocycles. The van der Waals surface area contributed by atoms with Gasteiger partial charge in [-0.05, 0) is 104 Å². The molecule has 7 aromatic rings. The first-order valence-electron chi connectivity index (χ1n) is 18.3. The van der Waals surface area contributed by atoms with Gasteiger partial charge in [0.15, 0.2) is 0 Å². The molecule has 0 heterocycles. The van der Waals surface area contributed by atoms with E-state index in [0.29, 0.717) is 0 Å². The highest BCUT2D eigenvalue weighted by molar-refractivity contribution is 5.97. The molecule has 0 saturated carbocycles. The first-order valence-corrected chi connectivity index (χ1v) is 18.3. The number of allylic oxidation sites excluding steroid dienone is 3. The van der Waals surface area contributed by atoms with Gasteiger partial charge < -0.3 is 4.90 Å². The standard InChI is InChI=1S/C51H39N/c1-5-37-33(2)50(3,4)47-31-35(27-29-42(37)47)52(49-26-16-12-19-38(49)34-17-7-6-8-18-34)36-28-30-43-41-22-11-15-25-46(41)51(48(43)32-36)44-23-13-9-20-39(44)40-21-10-14-24-45(40)51/h5-32H,1H2,2-4H3. The van der Waals surface area contributed by atoms with E-state index in [9.17, 15) is 0 Å². The van der Waals surface area contributed by atoms with E-state index < -0.39 is 5.41 Å². The van der Waals surface area contributed by atoms with Gasteiger partial charge in [0.1, 0.15) is 0 Å². The Bertz CT molecular complexity index is 2570. The second kappa shape index (κ2) is 11.2. The smallest absolute Gasteiger partial charge is 0.0726 e. The van der Waals surface area contributed by atoms with Crippen LogP contribution in [0, 0.1) is 0 Å². The molecule has 52 heavy (non-hydrogen) atoms. The van der Waals surface area contributed by atoms with Crippen molar-refractivity contribution in [3.63, 3.8) is 0 Å². The Kier molecular flexibility index (Phi) is 6.57. The van der Waals surface area contributed by atoms with Gasteiger partial charge in [0.2, 0.25) is 0 Å². The van der Waals surface area contributed by atoms with Gasteiger partial charge in [0, 0.05) is 22.4 Å². The Hall–Kier alpha value is -6.18. The first kappa shape index (κ1) is 30.6. The molecule has 0 radical (unpaired) electrons. The molecule has 0 aliphatic heterocycles. The molecular formula is C51H39N. The Morgan fingerprint density at radius 3 is 1.50 bits per heavy atom. The normalized spacial score (nSPS) is 15.1. The fourth-order valence-corrected chi connectivity index (χ4v) is 9.61. The minimum atomic E-state index is -0.417. The Labute approximate surface area is 306 Å². The van der Waals surface area contributed by atoms with Crippen molar-refractivity contribution >= 4 is 22.6 Å². The third-order valence-corrected chi connectivity index (χ3v) is 12.2. The molecular weight excluding hydrogens is 627 g/mol. The maximum Gasteiger partial charge on any atom is 0.0726 e. The topological polar surface area (TPSA) is 3.24 Å². The molecule has 248 valence electrons. The van der Waals surface area contributed by atoms with Crippen LogP contribution in [-0.2, 0) is 10.8 Å². The molecule has 0 amide bonds. The van der Waals surface area contributed by atoms with Crippen LogP contribution in [-0.4, -0.2) is 0 Å². The minimum absolute atomic E-state index is 0.111. The fraction of sp³-hybridized carbons (Fsp3) is 0.0980. The van der Waals surface area contributed by atoms with Crippen molar-refractivity contribution < 1.29 is 0 Å². The van der Waals surface area contributed by atoms with E-state index in [2.05, 4.69) is 196 Å². The van der Waals surface area contributed by atoms with E-state index in [4.69, 9.17) is 0 Å². The number of fused-ring (bicyclic) bond motifs is 11. The summed E-state index contributed by atoms with van der Waals surface area (Å²) in [5.41, 5.74) is 21.2. The van der Waals surface area contributed by atoms with Crippen LogP contribution in [0.1, 0.15) is 54.2 Å². The minimum Gasteiger partial charge on any atom is -0.310 e. The maximum atomic E-state index is 4.20. The number of para-hydroxylation sites is 1. The second-order valence-electron chi connectivity index (χ2n) is 14.9. The molecule has 0 N–H and O–H groups in total. The summed E-state index contributed by atoms with van der Waals surface area (Å²) >= 11 is 0. The van der Waals surface area contributed by atoms with Crippen molar-refractivity contribution in [1.29, 1.82) is 0 Å². The molecule has 0 atom stereocenters. The van der Waals surface area contributed by atoms with Crippen molar-refractivity contribution in [2.24, 2.45) is 0 Å². The SMILES string of the molecule is C=CC1=C(C)C(C)(C)c2cc(N(c3ccc4c(c3)C3(c5ccccc5-c5ccccc53)c3ccccc3-4)c3ccccc3-c3ccccc3)ccc21. The third-order valence-electron chi connectivity index (χ3n) is 12.2. The largest absolute Gasteiger partial charge is 0.310 e. The fourth-order valence-electron chi connectivity index (χ4n) is 9.61. The monoisotopic (exact) mass is 665 g/mol. The van der Waals surface area contributed by atoms with Crippen molar-refractivity contribution in [3.05, 3.63) is 215 Å². The van der Waals surface area contributed by atoms with Gasteiger partial charge in [-0.1, -0.05) is 166 Å². The van der Waals surface area contributed by atoms with Gasteiger partial charge in [-0.15, -0.1) is 0 Å². The van der Waals surface area contributed by atoms with Crippen molar-refractivity contribution in [1.82, 2.24) is 0 Å². The van der Waals surface area contributed by atoms with E-state index in [-0.39, 0.29) is 5.41 Å². The van der Waals surface area contributed by atoms with Gasteiger partial charge in [-0.2, -0.15) is 0 Å². The predicted octanol–water partition coefficient (Wildman–Crippen LogP) is 13.4. The summed E-state index contributed by atoms with van der Waals surface area (Å²) in [7, 11) is 0. The van der Waals surface area contributed by atoms with Gasteiger partial charge in [-0.3, -0.25) is 0 Å². The first-order chi connectivity index (χ1) is 25.4. The molecule has 0 saturated heterocycles. The molecule has 0 bridgehead atoms. The predicted molar refractivity (Wildman–Crippen MR) is 219 cm³/mol. The number of hydrogen-bond acceptors (Lipinski definition) is 1. The summed E-state index contributed by atoms with van der Waals surface area (Å²) in [6.07, 6.45) is 2.03. The van der Waals surface area contributed by atoms with Crippen LogP contribution < -0.4 is 4.90 Å². The average Bonchev–Trinajstić information content (AvgIpc) is 3.73. The number of anilines is 3. The van der Waals surface area contributed by atoms with Crippen LogP contribution in [0.5, 0.6) is 0 Å². The van der Waals surface area contributed by atoms with Crippen LogP contribution in [0.4, 0.5) is 17.1 Å². The van der Waals surface area contributed by atoms with E-state index in [1.165, 1.54) is 77.9 Å². The summed E-state index contributed by atoms with van der Waals surface area (Å²) in [6.45, 7) is 11.1. The van der Waals surface area contributed by atoms with E-state index in [1.807, 2.05) is 6.08 Å². The van der Waals surface area contributed by atoms with Crippen molar-refractivity contribution in [2.75, 3.05) is 4.90 Å². The number of hydrogen-bond donors (Lipinski definition) is 0. The number of rotatable bonds is 5. The maximum absolute atomic E-state index is 4.20. The highest BCUT2D eigenvalue weighted by atomic mass is 15.1. The molecule has 1 nitrogen and oxygen atoms in total. The van der Waals surface area contributed by atoms with Gasteiger partial charge in [0.25, 0.3) is 0 Å². The second-order valence-corrected chi connectivity index (χ2v) is 14.9. The Balaban J connectivity index is 1.27.